The van der Waals surface area contributed by atoms with E-state index in [-0.39, 0.29) is 23.7 Å². The van der Waals surface area contributed by atoms with E-state index in [1.807, 2.05) is 0 Å². The molecule has 0 saturated carbocycles. The van der Waals surface area contributed by atoms with Crippen LogP contribution in [0.15, 0.2) is 41.3 Å². The van der Waals surface area contributed by atoms with E-state index in [0.717, 1.165) is 12.1 Å². The fourth-order valence-electron chi connectivity index (χ4n) is 2.94. The van der Waals surface area contributed by atoms with Gasteiger partial charge in [0.1, 0.15) is 0 Å². The number of amides is 1. The quantitative estimate of drug-likeness (QED) is 0.731. The van der Waals surface area contributed by atoms with E-state index in [2.05, 4.69) is 5.32 Å². The Labute approximate surface area is 168 Å². The summed E-state index contributed by atoms with van der Waals surface area (Å²) >= 11 is 0. The molecule has 2 rings (SSSR count). The Hall–Kier alpha value is -2.39. The van der Waals surface area contributed by atoms with Gasteiger partial charge in [0.05, 0.1) is 16.0 Å². The zero-order valence-corrected chi connectivity index (χ0v) is 17.4. The van der Waals surface area contributed by atoms with Crippen LogP contribution in [0.3, 0.4) is 0 Å². The summed E-state index contributed by atoms with van der Waals surface area (Å²) in [5.74, 6) is -0.960. The number of aryl methyl sites for hydroxylation is 1. The molecule has 0 aliphatic heterocycles. The molecule has 0 atom stereocenters. The summed E-state index contributed by atoms with van der Waals surface area (Å²) in [4.78, 5) is 12.6. The highest BCUT2D eigenvalue weighted by Crippen LogP contribution is 2.33. The molecule has 0 radical (unpaired) electrons. The Kier molecular flexibility index (Phi) is 6.74. The molecule has 0 bridgehead atoms. The lowest BCUT2D eigenvalue weighted by Gasteiger charge is -2.21. The molecule has 0 aliphatic carbocycles. The van der Waals surface area contributed by atoms with Crippen LogP contribution in [0, 0.1) is 13.8 Å². The first kappa shape index (κ1) is 22.9. The number of carbonyl (C=O) groups excluding carboxylic acids is 1. The lowest BCUT2D eigenvalue weighted by Crippen LogP contribution is -2.30. The third-order valence-corrected chi connectivity index (χ3v) is 6.74. The fraction of sp³-hybridized carbons (Fsp3) is 0.350. The second-order valence-electron chi connectivity index (χ2n) is 6.50. The van der Waals surface area contributed by atoms with Crippen LogP contribution in [0.1, 0.15) is 40.9 Å². The molecule has 158 valence electrons. The predicted molar refractivity (Wildman–Crippen MR) is 105 cm³/mol. The van der Waals surface area contributed by atoms with E-state index in [1.165, 1.54) is 28.6 Å². The van der Waals surface area contributed by atoms with E-state index in [9.17, 15) is 26.4 Å². The lowest BCUT2D eigenvalue weighted by atomic mass is 10.0. The van der Waals surface area contributed by atoms with Crippen LogP contribution in [-0.4, -0.2) is 31.7 Å². The van der Waals surface area contributed by atoms with Crippen LogP contribution in [-0.2, 0) is 16.2 Å². The number of alkyl halides is 3. The summed E-state index contributed by atoms with van der Waals surface area (Å²) < 4.78 is 66.5. The zero-order valence-electron chi connectivity index (χ0n) is 16.6. The van der Waals surface area contributed by atoms with Crippen molar-refractivity contribution < 1.29 is 26.4 Å². The standard InChI is InChI=1S/C20H23F3N2O3S/c1-5-25(6-2)29(27,28)15-11-13(3)14(4)18(12-15)24-19(26)16-9-7-8-10-17(16)20(21,22)23/h7-12H,5-6H2,1-4H3,(H,24,26). The first-order chi connectivity index (χ1) is 13.4. The average molecular weight is 428 g/mol. The van der Waals surface area contributed by atoms with Gasteiger partial charge in [-0.2, -0.15) is 17.5 Å². The third kappa shape index (κ3) is 4.79. The van der Waals surface area contributed by atoms with Crippen LogP contribution in [0.4, 0.5) is 18.9 Å². The molecule has 29 heavy (non-hydrogen) atoms. The highest BCUT2D eigenvalue weighted by Gasteiger charge is 2.35. The van der Waals surface area contributed by atoms with Crippen LogP contribution in [0.2, 0.25) is 0 Å². The Morgan fingerprint density at radius 1 is 1.07 bits per heavy atom. The molecule has 0 aliphatic rings. The van der Waals surface area contributed by atoms with Crippen molar-refractivity contribution in [2.45, 2.75) is 38.8 Å². The maximum atomic E-state index is 13.2. The average Bonchev–Trinajstić information content (AvgIpc) is 2.65. The van der Waals surface area contributed by atoms with Gasteiger partial charge in [0.2, 0.25) is 10.0 Å². The zero-order chi connectivity index (χ0) is 22.0. The molecule has 0 heterocycles. The largest absolute Gasteiger partial charge is 0.417 e. The van der Waals surface area contributed by atoms with Gasteiger partial charge in [0, 0.05) is 18.8 Å². The number of benzene rings is 2. The van der Waals surface area contributed by atoms with Crippen molar-refractivity contribution in [3.8, 4) is 0 Å². The van der Waals surface area contributed by atoms with Gasteiger partial charge >= 0.3 is 6.18 Å². The number of carbonyl (C=O) groups is 1. The number of nitrogens with zero attached hydrogens (tertiary/aromatic N) is 1. The molecular formula is C20H23F3N2O3S. The summed E-state index contributed by atoms with van der Waals surface area (Å²) in [6.07, 6.45) is -4.69. The molecule has 5 nitrogen and oxygen atoms in total. The van der Waals surface area contributed by atoms with Crippen LogP contribution < -0.4 is 5.32 Å². The van der Waals surface area contributed by atoms with Crippen molar-refractivity contribution in [3.05, 3.63) is 58.7 Å². The summed E-state index contributed by atoms with van der Waals surface area (Å²) in [5.41, 5.74) is -0.274. The molecule has 0 unspecified atom stereocenters. The smallest absolute Gasteiger partial charge is 0.322 e. The molecule has 0 fully saturated rings. The van der Waals surface area contributed by atoms with Crippen LogP contribution >= 0.6 is 0 Å². The highest BCUT2D eigenvalue weighted by atomic mass is 32.2. The number of anilines is 1. The van der Waals surface area contributed by atoms with Gasteiger partial charge in [-0.25, -0.2) is 8.42 Å². The number of hydrogen-bond acceptors (Lipinski definition) is 3. The predicted octanol–water partition coefficient (Wildman–Crippen LogP) is 4.61. The van der Waals surface area contributed by atoms with Gasteiger partial charge in [-0.05, 0) is 49.2 Å². The number of nitrogens with one attached hydrogen (secondary N) is 1. The van der Waals surface area contributed by atoms with Crippen LogP contribution in [0.5, 0.6) is 0 Å². The van der Waals surface area contributed by atoms with Gasteiger partial charge in [-0.3, -0.25) is 4.79 Å². The second kappa shape index (κ2) is 8.54. The third-order valence-electron chi connectivity index (χ3n) is 4.71. The monoisotopic (exact) mass is 428 g/mol. The van der Waals surface area contributed by atoms with Crippen molar-refractivity contribution in [2.75, 3.05) is 18.4 Å². The minimum Gasteiger partial charge on any atom is -0.322 e. The maximum absolute atomic E-state index is 13.2. The first-order valence-corrected chi connectivity index (χ1v) is 10.5. The van der Waals surface area contributed by atoms with Gasteiger partial charge < -0.3 is 5.32 Å². The molecule has 9 heteroatoms. The number of rotatable bonds is 6. The summed E-state index contributed by atoms with van der Waals surface area (Å²) in [7, 11) is -3.79. The van der Waals surface area contributed by atoms with Gasteiger partial charge in [0.25, 0.3) is 5.91 Å². The van der Waals surface area contributed by atoms with Gasteiger partial charge in [0.15, 0.2) is 0 Å². The van der Waals surface area contributed by atoms with Crippen molar-refractivity contribution in [1.29, 1.82) is 0 Å². The molecule has 0 aromatic heterocycles. The Morgan fingerprint density at radius 3 is 2.21 bits per heavy atom. The van der Waals surface area contributed by atoms with Crippen LogP contribution in [0.25, 0.3) is 0 Å². The minimum atomic E-state index is -4.69. The van der Waals surface area contributed by atoms with Crippen molar-refractivity contribution in [2.24, 2.45) is 0 Å². The second-order valence-corrected chi connectivity index (χ2v) is 8.44. The van der Waals surface area contributed by atoms with Crippen molar-refractivity contribution >= 4 is 21.6 Å². The molecule has 1 amide bonds. The van der Waals surface area contributed by atoms with Crippen molar-refractivity contribution in [3.63, 3.8) is 0 Å². The summed E-state index contributed by atoms with van der Waals surface area (Å²) in [6.45, 7) is 7.29. The SMILES string of the molecule is CCN(CC)S(=O)(=O)c1cc(C)c(C)c(NC(=O)c2ccccc2C(F)(F)F)c1. The normalized spacial score (nSPS) is 12.3. The van der Waals surface area contributed by atoms with E-state index in [4.69, 9.17) is 0 Å². The van der Waals surface area contributed by atoms with E-state index < -0.39 is 33.2 Å². The van der Waals surface area contributed by atoms with Gasteiger partial charge in [-0.15, -0.1) is 0 Å². The first-order valence-electron chi connectivity index (χ1n) is 9.02. The van der Waals surface area contributed by atoms with E-state index in [1.54, 1.807) is 27.7 Å². The Morgan fingerprint density at radius 2 is 1.66 bits per heavy atom. The molecule has 0 saturated heterocycles. The van der Waals surface area contributed by atoms with E-state index in [0.29, 0.717) is 11.1 Å². The molecule has 1 N–H and O–H groups in total. The molecule has 2 aromatic rings. The molecule has 2 aromatic carbocycles. The lowest BCUT2D eigenvalue weighted by molar-refractivity contribution is -0.137. The minimum absolute atomic E-state index is 0.0243. The van der Waals surface area contributed by atoms with Gasteiger partial charge in [-0.1, -0.05) is 26.0 Å². The molecule has 0 spiro atoms. The fourth-order valence-corrected chi connectivity index (χ4v) is 4.51. The summed E-state index contributed by atoms with van der Waals surface area (Å²) in [6, 6.07) is 7.22. The number of sulfonamides is 1. The molecular weight excluding hydrogens is 405 g/mol. The maximum Gasteiger partial charge on any atom is 0.417 e. The number of hydrogen-bond donors (Lipinski definition) is 1. The number of halogens is 3. The van der Waals surface area contributed by atoms with E-state index >= 15 is 0 Å². The van der Waals surface area contributed by atoms with Crippen molar-refractivity contribution in [1.82, 2.24) is 4.31 Å². The highest BCUT2D eigenvalue weighted by molar-refractivity contribution is 7.89. The topological polar surface area (TPSA) is 66.5 Å². The Balaban J connectivity index is 2.50. The Bertz CT molecular complexity index is 1010. The summed E-state index contributed by atoms with van der Waals surface area (Å²) in [5, 5.41) is 2.45.